The lowest BCUT2D eigenvalue weighted by atomic mass is 10.2. The number of aliphatic carboxylic acids is 1. The Kier molecular flexibility index (Phi) is 3.27. The topological polar surface area (TPSA) is 55.1 Å². The molecule has 0 spiro atoms. The summed E-state index contributed by atoms with van der Waals surface area (Å²) in [6.07, 6.45) is 7.54. The van der Waals surface area contributed by atoms with Crippen LogP contribution < -0.4 is 0 Å². The molecule has 0 bridgehead atoms. The number of carbonyl (C=O) groups is 1. The molecule has 1 aliphatic carbocycles. The summed E-state index contributed by atoms with van der Waals surface area (Å²) >= 11 is 0. The first-order valence-electron chi connectivity index (χ1n) is 5.93. The molecule has 0 atom stereocenters. The van der Waals surface area contributed by atoms with Crippen LogP contribution in [0.1, 0.15) is 49.7 Å². The molecule has 0 radical (unpaired) electrons. The summed E-state index contributed by atoms with van der Waals surface area (Å²) < 4.78 is 2.25. The molecule has 0 aliphatic heterocycles. The van der Waals surface area contributed by atoms with Crippen molar-refractivity contribution in [1.82, 2.24) is 9.55 Å². The van der Waals surface area contributed by atoms with Gasteiger partial charge in [-0.2, -0.15) is 0 Å². The molecule has 88 valence electrons. The molecule has 0 aromatic carbocycles. The number of rotatable bonds is 4. The largest absolute Gasteiger partial charge is 0.481 e. The smallest absolute Gasteiger partial charge is 0.303 e. The highest BCUT2D eigenvalue weighted by Gasteiger charge is 2.21. The Hall–Kier alpha value is -1.32. The van der Waals surface area contributed by atoms with Gasteiger partial charge in [-0.25, -0.2) is 4.98 Å². The molecule has 1 N–H and O–H groups in total. The summed E-state index contributed by atoms with van der Waals surface area (Å²) in [6.45, 7) is 2.05. The van der Waals surface area contributed by atoms with Crippen molar-refractivity contribution in [1.29, 1.82) is 0 Å². The second kappa shape index (κ2) is 4.68. The number of nitrogens with zero attached hydrogens (tertiary/aromatic N) is 2. The first-order chi connectivity index (χ1) is 7.68. The SMILES string of the molecule is Cc1cnc(CCC(=O)O)n1C1CCCC1. The van der Waals surface area contributed by atoms with Gasteiger partial charge in [0.15, 0.2) is 0 Å². The van der Waals surface area contributed by atoms with Crippen LogP contribution in [0.25, 0.3) is 0 Å². The molecular formula is C12H18N2O2. The minimum absolute atomic E-state index is 0.170. The second-order valence-corrected chi connectivity index (χ2v) is 4.52. The summed E-state index contributed by atoms with van der Waals surface area (Å²) in [5.41, 5.74) is 1.16. The number of imidazole rings is 1. The highest BCUT2D eigenvalue weighted by Crippen LogP contribution is 2.31. The molecule has 2 rings (SSSR count). The number of aryl methyl sites for hydroxylation is 2. The van der Waals surface area contributed by atoms with E-state index in [1.54, 1.807) is 0 Å². The molecule has 1 fully saturated rings. The van der Waals surface area contributed by atoms with Crippen LogP contribution in [-0.4, -0.2) is 20.6 Å². The van der Waals surface area contributed by atoms with Crippen LogP contribution >= 0.6 is 0 Å². The third-order valence-electron chi connectivity index (χ3n) is 3.31. The first-order valence-corrected chi connectivity index (χ1v) is 5.93. The molecule has 1 aromatic heterocycles. The highest BCUT2D eigenvalue weighted by atomic mass is 16.4. The molecule has 16 heavy (non-hydrogen) atoms. The molecule has 1 heterocycles. The fraction of sp³-hybridized carbons (Fsp3) is 0.667. The van der Waals surface area contributed by atoms with Gasteiger partial charge < -0.3 is 9.67 Å². The van der Waals surface area contributed by atoms with Crippen molar-refractivity contribution in [3.05, 3.63) is 17.7 Å². The molecular weight excluding hydrogens is 204 g/mol. The number of hydrogen-bond donors (Lipinski definition) is 1. The predicted molar refractivity (Wildman–Crippen MR) is 60.4 cm³/mol. The van der Waals surface area contributed by atoms with Gasteiger partial charge in [-0.15, -0.1) is 0 Å². The van der Waals surface area contributed by atoms with Crippen LogP contribution in [0.15, 0.2) is 6.20 Å². The van der Waals surface area contributed by atoms with Gasteiger partial charge in [0, 0.05) is 24.4 Å². The van der Waals surface area contributed by atoms with Gasteiger partial charge in [-0.3, -0.25) is 4.79 Å². The zero-order valence-corrected chi connectivity index (χ0v) is 9.65. The number of carboxylic acid groups (broad SMARTS) is 1. The van der Waals surface area contributed by atoms with E-state index >= 15 is 0 Å². The third-order valence-corrected chi connectivity index (χ3v) is 3.31. The lowest BCUT2D eigenvalue weighted by Crippen LogP contribution is -2.12. The zero-order chi connectivity index (χ0) is 11.5. The molecule has 0 unspecified atom stereocenters. The Morgan fingerprint density at radius 3 is 2.88 bits per heavy atom. The molecule has 0 saturated heterocycles. The van der Waals surface area contributed by atoms with E-state index < -0.39 is 5.97 Å². The molecule has 1 aromatic rings. The van der Waals surface area contributed by atoms with Crippen LogP contribution in [0.2, 0.25) is 0 Å². The predicted octanol–water partition coefficient (Wildman–Crippen LogP) is 2.32. The Labute approximate surface area is 95.3 Å². The van der Waals surface area contributed by atoms with E-state index in [1.165, 1.54) is 25.7 Å². The van der Waals surface area contributed by atoms with E-state index in [0.29, 0.717) is 12.5 Å². The van der Waals surface area contributed by atoms with Crippen molar-refractivity contribution in [3.63, 3.8) is 0 Å². The van der Waals surface area contributed by atoms with Crippen molar-refractivity contribution in [3.8, 4) is 0 Å². The summed E-state index contributed by atoms with van der Waals surface area (Å²) in [4.78, 5) is 14.9. The van der Waals surface area contributed by atoms with Crippen LogP contribution in [0.3, 0.4) is 0 Å². The van der Waals surface area contributed by atoms with Gasteiger partial charge in [0.2, 0.25) is 0 Å². The monoisotopic (exact) mass is 222 g/mol. The van der Waals surface area contributed by atoms with Crippen molar-refractivity contribution >= 4 is 5.97 Å². The van der Waals surface area contributed by atoms with Gasteiger partial charge in [-0.05, 0) is 19.8 Å². The Balaban J connectivity index is 2.14. The minimum atomic E-state index is -0.751. The van der Waals surface area contributed by atoms with Gasteiger partial charge in [-0.1, -0.05) is 12.8 Å². The van der Waals surface area contributed by atoms with Crippen molar-refractivity contribution in [2.75, 3.05) is 0 Å². The van der Waals surface area contributed by atoms with Gasteiger partial charge >= 0.3 is 5.97 Å². The quantitative estimate of drug-likeness (QED) is 0.850. The van der Waals surface area contributed by atoms with Crippen molar-refractivity contribution < 1.29 is 9.90 Å². The fourth-order valence-electron chi connectivity index (χ4n) is 2.56. The second-order valence-electron chi connectivity index (χ2n) is 4.52. The van der Waals surface area contributed by atoms with E-state index in [-0.39, 0.29) is 6.42 Å². The lowest BCUT2D eigenvalue weighted by molar-refractivity contribution is -0.137. The standard InChI is InChI=1S/C12H18N2O2/c1-9-8-13-11(6-7-12(15)16)14(9)10-4-2-3-5-10/h8,10H,2-7H2,1H3,(H,15,16). The Morgan fingerprint density at radius 2 is 2.25 bits per heavy atom. The van der Waals surface area contributed by atoms with Crippen LogP contribution in [0, 0.1) is 6.92 Å². The molecule has 0 amide bonds. The van der Waals surface area contributed by atoms with E-state index in [4.69, 9.17) is 5.11 Å². The lowest BCUT2D eigenvalue weighted by Gasteiger charge is -2.16. The Morgan fingerprint density at radius 1 is 1.56 bits per heavy atom. The van der Waals surface area contributed by atoms with Gasteiger partial charge in [0.05, 0.1) is 6.42 Å². The molecule has 4 heteroatoms. The van der Waals surface area contributed by atoms with Crippen LogP contribution in [0.5, 0.6) is 0 Å². The van der Waals surface area contributed by atoms with Crippen LogP contribution in [0.4, 0.5) is 0 Å². The Bertz CT molecular complexity index is 378. The maximum absolute atomic E-state index is 10.6. The van der Waals surface area contributed by atoms with Crippen molar-refractivity contribution in [2.45, 2.75) is 51.5 Å². The number of aromatic nitrogens is 2. The van der Waals surface area contributed by atoms with Crippen LogP contribution in [-0.2, 0) is 11.2 Å². The zero-order valence-electron chi connectivity index (χ0n) is 9.65. The van der Waals surface area contributed by atoms with E-state index in [0.717, 1.165) is 11.5 Å². The van der Waals surface area contributed by atoms with E-state index in [2.05, 4.69) is 16.5 Å². The molecule has 1 aliphatic rings. The summed E-state index contributed by atoms with van der Waals surface area (Å²) in [6, 6.07) is 0.547. The molecule has 4 nitrogen and oxygen atoms in total. The average molecular weight is 222 g/mol. The molecule has 1 saturated carbocycles. The number of hydrogen-bond acceptors (Lipinski definition) is 2. The van der Waals surface area contributed by atoms with Gasteiger partial charge in [0.1, 0.15) is 5.82 Å². The maximum Gasteiger partial charge on any atom is 0.303 e. The normalized spacial score (nSPS) is 16.8. The summed E-state index contributed by atoms with van der Waals surface area (Å²) in [5.74, 6) is 0.186. The fourth-order valence-corrected chi connectivity index (χ4v) is 2.56. The summed E-state index contributed by atoms with van der Waals surface area (Å²) in [5, 5.41) is 8.70. The first kappa shape index (κ1) is 11.2. The van der Waals surface area contributed by atoms with E-state index in [9.17, 15) is 4.79 Å². The minimum Gasteiger partial charge on any atom is -0.481 e. The maximum atomic E-state index is 10.6. The van der Waals surface area contributed by atoms with E-state index in [1.807, 2.05) is 6.20 Å². The summed E-state index contributed by atoms with van der Waals surface area (Å²) in [7, 11) is 0. The third kappa shape index (κ3) is 2.26. The average Bonchev–Trinajstić information content (AvgIpc) is 2.83. The highest BCUT2D eigenvalue weighted by molar-refractivity contribution is 5.66. The van der Waals surface area contributed by atoms with Crippen molar-refractivity contribution in [2.24, 2.45) is 0 Å². The number of carboxylic acids is 1. The van der Waals surface area contributed by atoms with Gasteiger partial charge in [0.25, 0.3) is 0 Å².